The molecule has 0 bridgehead atoms. The third-order valence-electron chi connectivity index (χ3n) is 2.39. The molecule has 114 valence electrons. The first kappa shape index (κ1) is 15.8. The summed E-state index contributed by atoms with van der Waals surface area (Å²) in [6.07, 6.45) is 0. The molecule has 0 aliphatic rings. The average Bonchev–Trinajstić information content (AvgIpc) is 2.49. The Hall–Kier alpha value is -2.55. The highest BCUT2D eigenvalue weighted by Gasteiger charge is 2.05. The number of nitrogens with zero attached hydrogens (tertiary/aromatic N) is 2. The minimum Gasteiger partial charge on any atom is -0.296 e. The SMILES string of the molecule is Fc1ccc(F)c(N=NC(=S)NNc2cc(F)ccc2F)c1. The van der Waals surface area contributed by atoms with Crippen LogP contribution < -0.4 is 10.9 Å². The normalized spacial score (nSPS) is 10.7. The van der Waals surface area contributed by atoms with Gasteiger partial charge in [-0.2, -0.15) is 0 Å². The molecule has 4 nitrogen and oxygen atoms in total. The molecule has 0 aliphatic carbocycles. The van der Waals surface area contributed by atoms with E-state index in [1.807, 2.05) is 0 Å². The molecule has 0 fully saturated rings. The molecule has 0 unspecified atom stereocenters. The van der Waals surface area contributed by atoms with Crippen molar-refractivity contribution in [3.8, 4) is 0 Å². The second-order valence-corrected chi connectivity index (χ2v) is 4.36. The van der Waals surface area contributed by atoms with Crippen LogP contribution in [0.1, 0.15) is 0 Å². The van der Waals surface area contributed by atoms with Gasteiger partial charge in [0.15, 0.2) is 5.82 Å². The first-order valence-corrected chi connectivity index (χ1v) is 6.24. The van der Waals surface area contributed by atoms with Gasteiger partial charge in [-0.25, -0.2) is 17.6 Å². The van der Waals surface area contributed by atoms with Crippen molar-refractivity contribution in [2.45, 2.75) is 0 Å². The third kappa shape index (κ3) is 4.22. The van der Waals surface area contributed by atoms with E-state index in [2.05, 4.69) is 21.1 Å². The summed E-state index contributed by atoms with van der Waals surface area (Å²) in [4.78, 5) is 0. The summed E-state index contributed by atoms with van der Waals surface area (Å²) in [7, 11) is 0. The standard InChI is InChI=1S/C13H8F4N4S/c14-7-1-3-9(16)11(5-7)18-20-13(22)21-19-12-6-8(15)2-4-10(12)17/h1-6,18H,(H,20,22). The van der Waals surface area contributed by atoms with Gasteiger partial charge >= 0.3 is 0 Å². The fraction of sp³-hybridized carbons (Fsp3) is 0. The summed E-state index contributed by atoms with van der Waals surface area (Å²) in [6.45, 7) is 0. The monoisotopic (exact) mass is 328 g/mol. The lowest BCUT2D eigenvalue weighted by molar-refractivity contribution is 0.601. The zero-order valence-electron chi connectivity index (χ0n) is 10.8. The van der Waals surface area contributed by atoms with Crippen molar-refractivity contribution >= 4 is 28.7 Å². The Morgan fingerprint density at radius 3 is 2.27 bits per heavy atom. The molecule has 2 aromatic rings. The van der Waals surface area contributed by atoms with Crippen molar-refractivity contribution in [3.05, 3.63) is 59.7 Å². The van der Waals surface area contributed by atoms with E-state index in [1.165, 1.54) is 0 Å². The Balaban J connectivity index is 1.99. The van der Waals surface area contributed by atoms with E-state index in [9.17, 15) is 17.6 Å². The number of benzene rings is 2. The van der Waals surface area contributed by atoms with Gasteiger partial charge in [0.25, 0.3) is 0 Å². The van der Waals surface area contributed by atoms with Crippen LogP contribution in [0, 0.1) is 23.3 Å². The lowest BCUT2D eigenvalue weighted by atomic mass is 10.3. The summed E-state index contributed by atoms with van der Waals surface area (Å²) >= 11 is 4.74. The first-order valence-electron chi connectivity index (χ1n) is 5.83. The zero-order chi connectivity index (χ0) is 16.1. The number of anilines is 1. The quantitative estimate of drug-likeness (QED) is 0.384. The Kier molecular flexibility index (Phi) is 4.99. The van der Waals surface area contributed by atoms with Crippen molar-refractivity contribution in [1.82, 2.24) is 5.43 Å². The van der Waals surface area contributed by atoms with E-state index in [4.69, 9.17) is 12.2 Å². The van der Waals surface area contributed by atoms with Crippen molar-refractivity contribution in [1.29, 1.82) is 0 Å². The maximum atomic E-state index is 13.3. The number of rotatable bonds is 3. The van der Waals surface area contributed by atoms with Crippen molar-refractivity contribution < 1.29 is 17.6 Å². The van der Waals surface area contributed by atoms with Crippen molar-refractivity contribution in [2.24, 2.45) is 10.2 Å². The number of halogens is 4. The molecule has 2 aromatic carbocycles. The van der Waals surface area contributed by atoms with Gasteiger partial charge in [0.1, 0.15) is 23.1 Å². The Bertz CT molecular complexity index is 736. The maximum Gasteiger partial charge on any atom is 0.232 e. The van der Waals surface area contributed by atoms with Crippen LogP contribution in [-0.4, -0.2) is 5.11 Å². The molecule has 0 aliphatic heterocycles. The van der Waals surface area contributed by atoms with Crippen molar-refractivity contribution in [3.63, 3.8) is 0 Å². The number of hydrazine groups is 1. The van der Waals surface area contributed by atoms with Crippen LogP contribution in [0.15, 0.2) is 46.6 Å². The van der Waals surface area contributed by atoms with E-state index in [0.29, 0.717) is 0 Å². The summed E-state index contributed by atoms with van der Waals surface area (Å²) < 4.78 is 52.4. The molecular weight excluding hydrogens is 320 g/mol. The number of azo groups is 1. The molecule has 9 heteroatoms. The topological polar surface area (TPSA) is 48.8 Å². The van der Waals surface area contributed by atoms with Gasteiger partial charge in [-0.15, -0.1) is 10.2 Å². The van der Waals surface area contributed by atoms with Gasteiger partial charge in [-0.3, -0.25) is 10.9 Å². The molecule has 2 rings (SSSR count). The van der Waals surface area contributed by atoms with Crippen LogP contribution in [0.4, 0.5) is 28.9 Å². The van der Waals surface area contributed by atoms with Gasteiger partial charge in [0.05, 0.1) is 5.69 Å². The summed E-state index contributed by atoms with van der Waals surface area (Å²) in [5, 5.41) is 6.56. The van der Waals surface area contributed by atoms with Crippen molar-refractivity contribution in [2.75, 3.05) is 5.43 Å². The molecule has 0 radical (unpaired) electrons. The second kappa shape index (κ2) is 6.94. The summed E-state index contributed by atoms with van der Waals surface area (Å²) in [5.74, 6) is -2.84. The largest absolute Gasteiger partial charge is 0.296 e. The van der Waals surface area contributed by atoms with E-state index in [0.717, 1.165) is 36.4 Å². The smallest absolute Gasteiger partial charge is 0.232 e. The molecule has 0 saturated carbocycles. The molecule has 2 N–H and O–H groups in total. The number of hydrogen-bond donors (Lipinski definition) is 2. The van der Waals surface area contributed by atoms with Crippen LogP contribution >= 0.6 is 12.2 Å². The highest BCUT2D eigenvalue weighted by molar-refractivity contribution is 7.80. The molecule has 0 atom stereocenters. The zero-order valence-corrected chi connectivity index (χ0v) is 11.6. The fourth-order valence-corrected chi connectivity index (χ4v) is 1.49. The Labute approximate surface area is 127 Å². The van der Waals surface area contributed by atoms with E-state index < -0.39 is 23.3 Å². The molecule has 22 heavy (non-hydrogen) atoms. The van der Waals surface area contributed by atoms with Gasteiger partial charge in [-0.05, 0) is 36.5 Å². The van der Waals surface area contributed by atoms with Crippen LogP contribution in [-0.2, 0) is 0 Å². The Morgan fingerprint density at radius 1 is 0.909 bits per heavy atom. The highest BCUT2D eigenvalue weighted by Crippen LogP contribution is 2.19. The molecule has 0 spiro atoms. The fourth-order valence-electron chi connectivity index (χ4n) is 1.40. The van der Waals surface area contributed by atoms with E-state index in [-0.39, 0.29) is 16.5 Å². The van der Waals surface area contributed by atoms with Crippen LogP contribution in [0.5, 0.6) is 0 Å². The molecule has 0 aromatic heterocycles. The second-order valence-electron chi connectivity index (χ2n) is 3.98. The van der Waals surface area contributed by atoms with Crippen LogP contribution in [0.25, 0.3) is 0 Å². The van der Waals surface area contributed by atoms with Gasteiger partial charge < -0.3 is 0 Å². The van der Waals surface area contributed by atoms with E-state index >= 15 is 0 Å². The summed E-state index contributed by atoms with van der Waals surface area (Å²) in [5.41, 5.74) is 4.01. The third-order valence-corrected chi connectivity index (χ3v) is 2.57. The van der Waals surface area contributed by atoms with Crippen LogP contribution in [0.3, 0.4) is 0 Å². The molecule has 0 heterocycles. The number of thiocarbonyl (C=S) groups is 1. The molecule has 0 saturated heterocycles. The number of nitrogens with one attached hydrogen (secondary N) is 2. The molecule has 0 amide bonds. The number of hydrogen-bond acceptors (Lipinski definition) is 3. The minimum absolute atomic E-state index is 0.200. The minimum atomic E-state index is -0.780. The highest BCUT2D eigenvalue weighted by atomic mass is 32.1. The predicted molar refractivity (Wildman–Crippen MR) is 76.6 cm³/mol. The lowest BCUT2D eigenvalue weighted by Gasteiger charge is -2.08. The average molecular weight is 328 g/mol. The van der Waals surface area contributed by atoms with Gasteiger partial charge in [0.2, 0.25) is 5.11 Å². The van der Waals surface area contributed by atoms with Gasteiger partial charge in [0, 0.05) is 12.1 Å². The van der Waals surface area contributed by atoms with Crippen LogP contribution in [0.2, 0.25) is 0 Å². The molecular formula is C13H8F4N4S. The lowest BCUT2D eigenvalue weighted by Crippen LogP contribution is -2.26. The van der Waals surface area contributed by atoms with E-state index in [1.54, 1.807) is 0 Å². The predicted octanol–water partition coefficient (Wildman–Crippen LogP) is 4.23. The maximum absolute atomic E-state index is 13.3. The summed E-state index contributed by atoms with van der Waals surface area (Å²) in [6, 6.07) is 5.42. The van der Waals surface area contributed by atoms with Gasteiger partial charge in [-0.1, -0.05) is 0 Å². The Morgan fingerprint density at radius 2 is 1.55 bits per heavy atom. The first-order chi connectivity index (χ1) is 10.5.